The Labute approximate surface area is 120 Å². The van der Waals surface area contributed by atoms with Gasteiger partial charge in [0, 0.05) is 10.7 Å². The Morgan fingerprint density at radius 1 is 1.21 bits per heavy atom. The zero-order chi connectivity index (χ0) is 13.3. The van der Waals surface area contributed by atoms with Gasteiger partial charge in [0.15, 0.2) is 0 Å². The van der Waals surface area contributed by atoms with Crippen LogP contribution in [0.3, 0.4) is 0 Å². The minimum Gasteiger partial charge on any atom is -0.310 e. The summed E-state index contributed by atoms with van der Waals surface area (Å²) in [7, 11) is 0. The van der Waals surface area contributed by atoms with Crippen molar-refractivity contribution in [3.8, 4) is 0 Å². The minimum absolute atomic E-state index is 0.0318. The summed E-state index contributed by atoms with van der Waals surface area (Å²) in [6.07, 6.45) is 3.47. The Morgan fingerprint density at radius 2 is 1.95 bits per heavy atom. The number of pyridine rings is 1. The van der Waals surface area contributed by atoms with E-state index in [0.717, 1.165) is 22.9 Å². The molecule has 1 aromatic carbocycles. The van der Waals surface area contributed by atoms with Gasteiger partial charge in [-0.15, -0.1) is 0 Å². The Morgan fingerprint density at radius 3 is 2.58 bits per heavy atom. The molecule has 0 aliphatic heterocycles. The fourth-order valence-electron chi connectivity index (χ4n) is 2.24. The van der Waals surface area contributed by atoms with Crippen LogP contribution in [-0.2, 0) is 10.2 Å². The molecule has 0 spiro atoms. The standard InChI is InChI=1S/C15H13BrN2O/c16-12-6-9-17-13(10-12)18-14(19)15(7-8-15)11-4-2-1-3-5-11/h1-6,9-10H,7-8H2,(H,17,18,19). The van der Waals surface area contributed by atoms with E-state index < -0.39 is 0 Å². The summed E-state index contributed by atoms with van der Waals surface area (Å²) >= 11 is 3.37. The van der Waals surface area contributed by atoms with Crippen LogP contribution in [0.2, 0.25) is 0 Å². The van der Waals surface area contributed by atoms with E-state index in [4.69, 9.17) is 0 Å². The van der Waals surface area contributed by atoms with Crippen molar-refractivity contribution in [2.45, 2.75) is 18.3 Å². The van der Waals surface area contributed by atoms with Crippen LogP contribution in [0.15, 0.2) is 53.1 Å². The Balaban J connectivity index is 1.82. The Hall–Kier alpha value is -1.68. The molecule has 1 saturated carbocycles. The second-order valence-corrected chi connectivity index (χ2v) is 5.68. The first kappa shape index (κ1) is 12.4. The molecule has 1 aromatic heterocycles. The number of halogens is 1. The lowest BCUT2D eigenvalue weighted by Gasteiger charge is -2.15. The summed E-state index contributed by atoms with van der Waals surface area (Å²) in [6.45, 7) is 0. The van der Waals surface area contributed by atoms with Crippen molar-refractivity contribution in [3.63, 3.8) is 0 Å². The number of aromatic nitrogens is 1. The van der Waals surface area contributed by atoms with Crippen molar-refractivity contribution >= 4 is 27.7 Å². The predicted octanol–water partition coefficient (Wildman–Crippen LogP) is 3.51. The molecular weight excluding hydrogens is 304 g/mol. The first-order chi connectivity index (χ1) is 9.21. The van der Waals surface area contributed by atoms with Crippen LogP contribution in [0.4, 0.5) is 5.82 Å². The highest BCUT2D eigenvalue weighted by Crippen LogP contribution is 2.48. The van der Waals surface area contributed by atoms with Gasteiger partial charge in [0.2, 0.25) is 5.91 Å². The molecule has 1 aliphatic carbocycles. The largest absolute Gasteiger partial charge is 0.310 e. The van der Waals surface area contributed by atoms with Crippen molar-refractivity contribution in [3.05, 3.63) is 58.7 Å². The van der Waals surface area contributed by atoms with Gasteiger partial charge in [0.05, 0.1) is 5.41 Å². The molecule has 2 aromatic rings. The van der Waals surface area contributed by atoms with Crippen molar-refractivity contribution in [1.82, 2.24) is 4.98 Å². The molecule has 0 bridgehead atoms. The molecule has 1 amide bonds. The normalized spacial score (nSPS) is 15.8. The van der Waals surface area contributed by atoms with E-state index in [1.165, 1.54) is 0 Å². The molecule has 96 valence electrons. The van der Waals surface area contributed by atoms with Gasteiger partial charge in [-0.05, 0) is 30.5 Å². The number of hydrogen-bond acceptors (Lipinski definition) is 2. The summed E-state index contributed by atoms with van der Waals surface area (Å²) < 4.78 is 0.905. The lowest BCUT2D eigenvalue weighted by Crippen LogP contribution is -2.28. The molecule has 3 rings (SSSR count). The van der Waals surface area contributed by atoms with Crippen LogP contribution in [0.25, 0.3) is 0 Å². The molecule has 0 atom stereocenters. The predicted molar refractivity (Wildman–Crippen MR) is 77.9 cm³/mol. The average Bonchev–Trinajstić information content (AvgIpc) is 3.21. The van der Waals surface area contributed by atoms with Gasteiger partial charge < -0.3 is 5.32 Å². The summed E-state index contributed by atoms with van der Waals surface area (Å²) in [5, 5.41) is 2.90. The van der Waals surface area contributed by atoms with E-state index in [1.54, 1.807) is 12.3 Å². The highest BCUT2D eigenvalue weighted by atomic mass is 79.9. The zero-order valence-electron chi connectivity index (χ0n) is 10.3. The van der Waals surface area contributed by atoms with Crippen LogP contribution in [0.5, 0.6) is 0 Å². The number of nitrogens with one attached hydrogen (secondary N) is 1. The summed E-state index contributed by atoms with van der Waals surface area (Å²) in [5.41, 5.74) is 0.730. The van der Waals surface area contributed by atoms with Gasteiger partial charge in [-0.2, -0.15) is 0 Å². The van der Waals surface area contributed by atoms with Gasteiger partial charge in [0.1, 0.15) is 5.82 Å². The van der Waals surface area contributed by atoms with Gasteiger partial charge in [-0.1, -0.05) is 46.3 Å². The highest BCUT2D eigenvalue weighted by Gasteiger charge is 2.51. The van der Waals surface area contributed by atoms with Crippen LogP contribution >= 0.6 is 15.9 Å². The third-order valence-corrected chi connectivity index (χ3v) is 3.97. The quantitative estimate of drug-likeness (QED) is 0.941. The number of anilines is 1. The summed E-state index contributed by atoms with van der Waals surface area (Å²) in [5.74, 6) is 0.617. The topological polar surface area (TPSA) is 42.0 Å². The first-order valence-corrected chi connectivity index (χ1v) is 6.99. The first-order valence-electron chi connectivity index (χ1n) is 6.19. The molecule has 0 radical (unpaired) electrons. The summed E-state index contributed by atoms with van der Waals surface area (Å²) in [6, 6.07) is 13.6. The maximum Gasteiger partial charge on any atom is 0.236 e. The van der Waals surface area contributed by atoms with E-state index in [-0.39, 0.29) is 11.3 Å². The van der Waals surface area contributed by atoms with Crippen LogP contribution in [-0.4, -0.2) is 10.9 Å². The van der Waals surface area contributed by atoms with Gasteiger partial charge >= 0.3 is 0 Å². The lowest BCUT2D eigenvalue weighted by atomic mass is 9.95. The van der Waals surface area contributed by atoms with Crippen molar-refractivity contribution in [2.24, 2.45) is 0 Å². The fraction of sp³-hybridized carbons (Fsp3) is 0.200. The molecule has 0 unspecified atom stereocenters. The highest BCUT2D eigenvalue weighted by molar-refractivity contribution is 9.10. The third-order valence-electron chi connectivity index (χ3n) is 3.47. The number of carbonyl (C=O) groups is 1. The maximum atomic E-state index is 12.4. The number of amides is 1. The molecule has 3 nitrogen and oxygen atoms in total. The van der Waals surface area contributed by atoms with E-state index in [2.05, 4.69) is 26.2 Å². The second kappa shape index (κ2) is 4.78. The van der Waals surface area contributed by atoms with E-state index in [1.807, 2.05) is 36.4 Å². The van der Waals surface area contributed by atoms with E-state index >= 15 is 0 Å². The average molecular weight is 317 g/mol. The van der Waals surface area contributed by atoms with Crippen molar-refractivity contribution < 1.29 is 4.79 Å². The zero-order valence-corrected chi connectivity index (χ0v) is 11.9. The Kier molecular flexibility index (Phi) is 3.11. The molecule has 1 N–H and O–H groups in total. The van der Waals surface area contributed by atoms with Crippen molar-refractivity contribution in [1.29, 1.82) is 0 Å². The number of hydrogen-bond donors (Lipinski definition) is 1. The maximum absolute atomic E-state index is 12.4. The number of rotatable bonds is 3. The monoisotopic (exact) mass is 316 g/mol. The van der Waals surface area contributed by atoms with E-state index in [0.29, 0.717) is 5.82 Å². The lowest BCUT2D eigenvalue weighted by molar-refractivity contribution is -0.118. The fourth-order valence-corrected chi connectivity index (χ4v) is 2.57. The third kappa shape index (κ3) is 2.40. The minimum atomic E-state index is -0.356. The van der Waals surface area contributed by atoms with Gasteiger partial charge in [0.25, 0.3) is 0 Å². The van der Waals surface area contributed by atoms with Crippen LogP contribution < -0.4 is 5.32 Å². The summed E-state index contributed by atoms with van der Waals surface area (Å²) in [4.78, 5) is 16.6. The molecule has 1 fully saturated rings. The molecule has 19 heavy (non-hydrogen) atoms. The smallest absolute Gasteiger partial charge is 0.236 e. The Bertz CT molecular complexity index is 609. The molecule has 0 saturated heterocycles. The molecule has 4 heteroatoms. The van der Waals surface area contributed by atoms with Crippen molar-refractivity contribution in [2.75, 3.05) is 5.32 Å². The SMILES string of the molecule is O=C(Nc1cc(Br)ccn1)C1(c2ccccc2)CC1. The second-order valence-electron chi connectivity index (χ2n) is 4.76. The number of nitrogens with zero attached hydrogens (tertiary/aromatic N) is 1. The van der Waals surface area contributed by atoms with Crippen LogP contribution in [0, 0.1) is 0 Å². The van der Waals surface area contributed by atoms with Crippen LogP contribution in [0.1, 0.15) is 18.4 Å². The van der Waals surface area contributed by atoms with E-state index in [9.17, 15) is 4.79 Å². The molecule has 1 heterocycles. The van der Waals surface area contributed by atoms with Gasteiger partial charge in [-0.25, -0.2) is 4.98 Å². The number of carbonyl (C=O) groups excluding carboxylic acids is 1. The van der Waals surface area contributed by atoms with Gasteiger partial charge in [-0.3, -0.25) is 4.79 Å². The molecular formula is C15H13BrN2O. The molecule has 1 aliphatic rings. The number of benzene rings is 1.